The van der Waals surface area contributed by atoms with E-state index in [0.717, 1.165) is 10.9 Å². The smallest absolute Gasteiger partial charge is 0.321 e. The molecule has 9 nitrogen and oxygen atoms in total. The lowest BCUT2D eigenvalue weighted by Crippen LogP contribution is -2.54. The molecular weight excluding hydrogens is 344 g/mol. The number of hydrogen-bond acceptors (Lipinski definition) is 7. The summed E-state index contributed by atoms with van der Waals surface area (Å²) in [5.74, 6) is -1.11. The van der Waals surface area contributed by atoms with Crippen LogP contribution < -0.4 is 5.32 Å². The number of hydrogen-bond donors (Lipinski definition) is 8. The molecule has 2 aromatic rings. The van der Waals surface area contributed by atoms with Crippen LogP contribution in [-0.2, 0) is 11.2 Å². The maximum atomic E-state index is 11.5. The molecule has 9 heteroatoms. The van der Waals surface area contributed by atoms with Crippen LogP contribution in [0.3, 0.4) is 0 Å². The Morgan fingerprint density at radius 3 is 2.50 bits per heavy atom. The van der Waals surface area contributed by atoms with Crippen LogP contribution in [0.25, 0.3) is 10.9 Å². The van der Waals surface area contributed by atoms with Crippen molar-refractivity contribution in [1.82, 2.24) is 10.3 Å². The maximum Gasteiger partial charge on any atom is 0.321 e. The molecule has 3 rings (SSSR count). The highest BCUT2D eigenvalue weighted by Gasteiger charge is 2.41. The number of benzene rings is 1. The Morgan fingerprint density at radius 1 is 1.15 bits per heavy atom. The molecule has 0 saturated carbocycles. The van der Waals surface area contributed by atoms with E-state index in [1.807, 2.05) is 24.3 Å². The largest absolute Gasteiger partial charge is 0.480 e. The number of H-pyrrole nitrogens is 1. The average molecular weight is 366 g/mol. The van der Waals surface area contributed by atoms with Gasteiger partial charge >= 0.3 is 5.97 Å². The van der Waals surface area contributed by atoms with Crippen LogP contribution in [0.1, 0.15) is 17.3 Å². The van der Waals surface area contributed by atoms with Crippen molar-refractivity contribution in [2.75, 3.05) is 6.61 Å². The molecule has 142 valence electrons. The second-order valence-electron chi connectivity index (χ2n) is 6.52. The number of aromatic amines is 1. The van der Waals surface area contributed by atoms with Crippen molar-refractivity contribution in [1.29, 1.82) is 0 Å². The third kappa shape index (κ3) is 3.20. The molecule has 0 saturated heterocycles. The topological polar surface area (TPSA) is 166 Å². The molecule has 1 aromatic carbocycles. The SMILES string of the molecule is O=C(O)[C@@H]1Cc2c([nH]c3ccccc23)[C@H]([C@@H](O)[C@@H](O)[C@@H](O)[C@H](O)CO)N1. The number of rotatable bonds is 6. The fourth-order valence-corrected chi connectivity index (χ4v) is 3.43. The number of aliphatic carboxylic acids is 1. The van der Waals surface area contributed by atoms with Gasteiger partial charge in [-0.25, -0.2) is 0 Å². The quantitative estimate of drug-likeness (QED) is 0.298. The van der Waals surface area contributed by atoms with Crippen LogP contribution in [0, 0.1) is 0 Å². The summed E-state index contributed by atoms with van der Waals surface area (Å²) in [6, 6.07) is 5.27. The van der Waals surface area contributed by atoms with Gasteiger partial charge in [-0.1, -0.05) is 18.2 Å². The third-order valence-corrected chi connectivity index (χ3v) is 4.87. The van der Waals surface area contributed by atoms with E-state index >= 15 is 0 Å². The zero-order valence-electron chi connectivity index (χ0n) is 13.8. The van der Waals surface area contributed by atoms with Gasteiger partial charge in [-0.3, -0.25) is 10.1 Å². The molecule has 1 aromatic heterocycles. The van der Waals surface area contributed by atoms with Crippen molar-refractivity contribution in [3.8, 4) is 0 Å². The molecule has 0 bridgehead atoms. The standard InChI is InChI=1S/C17H22N2O7/c20-6-11(21)14(22)16(24)15(23)13-12-8(5-10(19-13)17(25)26)7-3-1-2-4-9(7)18-12/h1-4,10-11,13-16,18-24H,5-6H2,(H,25,26)/t10-,11+,13+,14-,15+,16-/m0/s1. The van der Waals surface area contributed by atoms with Gasteiger partial charge in [0.05, 0.1) is 12.6 Å². The summed E-state index contributed by atoms with van der Waals surface area (Å²) in [5, 5.41) is 62.0. The van der Waals surface area contributed by atoms with Crippen LogP contribution >= 0.6 is 0 Å². The zero-order valence-corrected chi connectivity index (χ0v) is 13.8. The van der Waals surface area contributed by atoms with Crippen LogP contribution in [-0.4, -0.2) is 78.7 Å². The molecule has 0 spiro atoms. The van der Waals surface area contributed by atoms with Crippen LogP contribution in [0.5, 0.6) is 0 Å². The van der Waals surface area contributed by atoms with Crippen molar-refractivity contribution in [2.45, 2.75) is 42.9 Å². The average Bonchev–Trinajstić information content (AvgIpc) is 3.03. The third-order valence-electron chi connectivity index (χ3n) is 4.87. The molecule has 0 unspecified atom stereocenters. The normalized spacial score (nSPS) is 24.7. The Hall–Kier alpha value is -2.01. The number of carboxylic acids is 1. The summed E-state index contributed by atoms with van der Waals surface area (Å²) in [7, 11) is 0. The number of carbonyl (C=O) groups is 1. The van der Waals surface area contributed by atoms with Gasteiger partial charge in [0.15, 0.2) is 0 Å². The number of aliphatic hydroxyl groups is 5. The Balaban J connectivity index is 1.99. The molecular formula is C17H22N2O7. The summed E-state index contributed by atoms with van der Waals surface area (Å²) < 4.78 is 0. The molecule has 1 aliphatic rings. The first-order chi connectivity index (χ1) is 12.3. The van der Waals surface area contributed by atoms with Crippen molar-refractivity contribution in [3.05, 3.63) is 35.5 Å². The van der Waals surface area contributed by atoms with Gasteiger partial charge in [-0.05, 0) is 11.6 Å². The molecule has 2 heterocycles. The minimum atomic E-state index is -1.80. The van der Waals surface area contributed by atoms with Gasteiger partial charge in [0.2, 0.25) is 0 Å². The van der Waals surface area contributed by atoms with E-state index in [0.29, 0.717) is 11.3 Å². The summed E-state index contributed by atoms with van der Waals surface area (Å²) >= 11 is 0. The van der Waals surface area contributed by atoms with Gasteiger partial charge in [-0.15, -0.1) is 0 Å². The highest BCUT2D eigenvalue weighted by atomic mass is 16.4. The number of nitrogens with one attached hydrogen (secondary N) is 2. The lowest BCUT2D eigenvalue weighted by Gasteiger charge is -2.36. The van der Waals surface area contributed by atoms with Gasteiger partial charge in [0.25, 0.3) is 0 Å². The van der Waals surface area contributed by atoms with Crippen LogP contribution in [0.2, 0.25) is 0 Å². The van der Waals surface area contributed by atoms with Crippen molar-refractivity contribution >= 4 is 16.9 Å². The van der Waals surface area contributed by atoms with Crippen LogP contribution in [0.15, 0.2) is 24.3 Å². The Kier molecular flexibility index (Phi) is 5.28. The highest BCUT2D eigenvalue weighted by Crippen LogP contribution is 2.34. The number of fused-ring (bicyclic) bond motifs is 3. The van der Waals surface area contributed by atoms with Crippen molar-refractivity contribution in [2.24, 2.45) is 0 Å². The summed E-state index contributed by atoms with van der Waals surface area (Å²) in [5.41, 5.74) is 1.98. The Bertz CT molecular complexity index is 793. The molecule has 0 radical (unpaired) electrons. The molecule has 1 aliphatic heterocycles. The first-order valence-electron chi connectivity index (χ1n) is 8.26. The molecule has 0 amide bonds. The van der Waals surface area contributed by atoms with Gasteiger partial charge in [-0.2, -0.15) is 0 Å². The van der Waals surface area contributed by atoms with Gasteiger partial charge in [0, 0.05) is 23.0 Å². The van der Waals surface area contributed by atoms with E-state index in [9.17, 15) is 30.3 Å². The maximum absolute atomic E-state index is 11.5. The molecule has 26 heavy (non-hydrogen) atoms. The van der Waals surface area contributed by atoms with E-state index in [2.05, 4.69) is 10.3 Å². The number of aliphatic hydroxyl groups excluding tert-OH is 5. The van der Waals surface area contributed by atoms with Crippen molar-refractivity contribution in [3.63, 3.8) is 0 Å². The summed E-state index contributed by atoms with van der Waals surface area (Å²) in [6.45, 7) is -0.793. The summed E-state index contributed by atoms with van der Waals surface area (Å²) in [6.07, 6.45) is -6.67. The molecule has 6 atom stereocenters. The molecule has 8 N–H and O–H groups in total. The predicted octanol–water partition coefficient (Wildman–Crippen LogP) is -1.76. The minimum absolute atomic E-state index is 0.190. The number of aromatic nitrogens is 1. The first kappa shape index (κ1) is 18.8. The predicted molar refractivity (Wildman–Crippen MR) is 90.4 cm³/mol. The van der Waals surface area contributed by atoms with E-state index in [1.54, 1.807) is 0 Å². The second-order valence-corrected chi connectivity index (χ2v) is 6.52. The number of carboxylic acid groups (broad SMARTS) is 1. The van der Waals surface area contributed by atoms with E-state index < -0.39 is 49.1 Å². The van der Waals surface area contributed by atoms with E-state index in [1.165, 1.54) is 0 Å². The first-order valence-corrected chi connectivity index (χ1v) is 8.26. The monoisotopic (exact) mass is 366 g/mol. The van der Waals surface area contributed by atoms with Crippen molar-refractivity contribution < 1.29 is 35.4 Å². The van der Waals surface area contributed by atoms with E-state index in [4.69, 9.17) is 5.11 Å². The lowest BCUT2D eigenvalue weighted by atomic mass is 9.88. The zero-order chi connectivity index (χ0) is 19.0. The fraction of sp³-hybridized carbons (Fsp3) is 0.471. The van der Waals surface area contributed by atoms with Gasteiger partial charge < -0.3 is 35.6 Å². The lowest BCUT2D eigenvalue weighted by molar-refractivity contribution is -0.142. The van der Waals surface area contributed by atoms with Gasteiger partial charge in [0.1, 0.15) is 30.5 Å². The fourth-order valence-electron chi connectivity index (χ4n) is 3.43. The van der Waals surface area contributed by atoms with Crippen LogP contribution in [0.4, 0.5) is 0 Å². The molecule has 0 aliphatic carbocycles. The van der Waals surface area contributed by atoms with E-state index in [-0.39, 0.29) is 6.42 Å². The summed E-state index contributed by atoms with van der Waals surface area (Å²) in [4.78, 5) is 14.6. The molecule has 0 fully saturated rings. The minimum Gasteiger partial charge on any atom is -0.480 e. The Morgan fingerprint density at radius 2 is 1.85 bits per heavy atom. The number of para-hydroxylation sites is 1. The second kappa shape index (κ2) is 7.31. The highest BCUT2D eigenvalue weighted by molar-refractivity contribution is 5.86. The Labute approximate surface area is 148 Å².